The topological polar surface area (TPSA) is 37.0 Å². The zero-order valence-corrected chi connectivity index (χ0v) is 8.84. The second-order valence-electron chi connectivity index (χ2n) is 3.58. The van der Waals surface area contributed by atoms with Gasteiger partial charge in [-0.05, 0) is 17.7 Å². The number of alkyl halides is 3. The van der Waals surface area contributed by atoms with Gasteiger partial charge in [-0.2, -0.15) is 18.7 Å². The largest absolute Gasteiger partial charge is 0.413 e. The van der Waals surface area contributed by atoms with Crippen molar-refractivity contribution < 1.29 is 18.0 Å². The minimum Gasteiger partial charge on any atom is -0.361 e. The summed E-state index contributed by atoms with van der Waals surface area (Å²) in [5, 5.41) is 0.968. The Hall–Kier alpha value is -1.53. The Morgan fingerprint density at radius 3 is 2.82 bits per heavy atom. The monoisotopic (exact) mass is 244 g/mol. The van der Waals surface area contributed by atoms with Gasteiger partial charge in [-0.25, -0.2) is 0 Å². The Bertz CT molecular complexity index is 493. The van der Waals surface area contributed by atoms with Gasteiger partial charge in [0.1, 0.15) is 0 Å². The number of rotatable bonds is 4. The molecule has 92 valence electrons. The fourth-order valence-electron chi connectivity index (χ4n) is 1.57. The molecule has 17 heavy (non-hydrogen) atoms. The van der Waals surface area contributed by atoms with Crippen LogP contribution in [0.1, 0.15) is 5.56 Å². The molecule has 0 fully saturated rings. The number of halogens is 3. The number of fused-ring (bicyclic) bond motifs is 1. The van der Waals surface area contributed by atoms with Crippen molar-refractivity contribution in [2.75, 3.05) is 6.61 Å². The summed E-state index contributed by atoms with van der Waals surface area (Å²) in [6.45, 7) is -1.07. The number of hydrogen-bond acceptors (Lipinski definition) is 2. The van der Waals surface area contributed by atoms with E-state index in [1.54, 1.807) is 6.20 Å². The van der Waals surface area contributed by atoms with Gasteiger partial charge in [0.05, 0.1) is 0 Å². The van der Waals surface area contributed by atoms with E-state index in [1.807, 2.05) is 24.3 Å². The summed E-state index contributed by atoms with van der Waals surface area (Å²) in [4.78, 5) is 7.37. The van der Waals surface area contributed by atoms with Gasteiger partial charge < -0.3 is 4.98 Å². The van der Waals surface area contributed by atoms with Crippen LogP contribution in [0.25, 0.3) is 10.9 Å². The molecule has 0 saturated heterocycles. The third-order valence-electron chi connectivity index (χ3n) is 2.29. The van der Waals surface area contributed by atoms with E-state index in [0.717, 1.165) is 16.5 Å². The highest BCUT2D eigenvalue weighted by Crippen LogP contribution is 2.17. The predicted molar refractivity (Wildman–Crippen MR) is 57.1 cm³/mol. The molecule has 2 N–H and O–H groups in total. The molecule has 0 unspecified atom stereocenters. The highest BCUT2D eigenvalue weighted by atomic mass is 19.4. The third-order valence-corrected chi connectivity index (χ3v) is 2.29. The number of hydroxylamine groups is 1. The van der Waals surface area contributed by atoms with Crippen molar-refractivity contribution in [3.8, 4) is 0 Å². The number of aromatic amines is 1. The minimum atomic E-state index is -4.31. The minimum absolute atomic E-state index is 0.227. The molecule has 6 heteroatoms. The number of H-pyrrole nitrogens is 1. The van der Waals surface area contributed by atoms with Crippen LogP contribution < -0.4 is 5.48 Å². The third kappa shape index (κ3) is 3.21. The molecule has 1 heterocycles. The molecular formula is C11H11F3N2O. The fourth-order valence-corrected chi connectivity index (χ4v) is 1.57. The summed E-state index contributed by atoms with van der Waals surface area (Å²) in [7, 11) is 0. The lowest BCUT2D eigenvalue weighted by atomic mass is 10.1. The zero-order valence-electron chi connectivity index (χ0n) is 8.84. The second kappa shape index (κ2) is 4.77. The highest BCUT2D eigenvalue weighted by molar-refractivity contribution is 5.82. The maximum absolute atomic E-state index is 11.8. The average Bonchev–Trinajstić information content (AvgIpc) is 2.71. The Kier molecular flexibility index (Phi) is 3.35. The van der Waals surface area contributed by atoms with Gasteiger partial charge in [0.25, 0.3) is 0 Å². The van der Waals surface area contributed by atoms with Crippen LogP contribution in [0.2, 0.25) is 0 Å². The smallest absolute Gasteiger partial charge is 0.361 e. The van der Waals surface area contributed by atoms with E-state index in [4.69, 9.17) is 0 Å². The molecule has 1 aromatic heterocycles. The van der Waals surface area contributed by atoms with Gasteiger partial charge in [-0.15, -0.1) is 0 Å². The van der Waals surface area contributed by atoms with Crippen molar-refractivity contribution in [3.63, 3.8) is 0 Å². The molecule has 0 bridgehead atoms. The molecule has 0 aliphatic rings. The van der Waals surface area contributed by atoms with E-state index >= 15 is 0 Å². The Morgan fingerprint density at radius 2 is 2.06 bits per heavy atom. The van der Waals surface area contributed by atoms with E-state index in [-0.39, 0.29) is 6.54 Å². The van der Waals surface area contributed by atoms with E-state index in [9.17, 15) is 13.2 Å². The van der Waals surface area contributed by atoms with Gasteiger partial charge in [0, 0.05) is 23.6 Å². The van der Waals surface area contributed by atoms with E-state index in [0.29, 0.717) is 0 Å². The summed E-state index contributed by atoms with van der Waals surface area (Å²) in [6.07, 6.45) is -2.53. The predicted octanol–water partition coefficient (Wildman–Crippen LogP) is 2.75. The van der Waals surface area contributed by atoms with E-state index < -0.39 is 12.8 Å². The number of hydrogen-bond donors (Lipinski definition) is 2. The summed E-state index contributed by atoms with van der Waals surface area (Å²) in [6, 6.07) is 7.44. The molecule has 0 spiro atoms. The maximum atomic E-state index is 11.8. The van der Waals surface area contributed by atoms with Gasteiger partial charge in [0.2, 0.25) is 0 Å². The fraction of sp³-hybridized carbons (Fsp3) is 0.273. The SMILES string of the molecule is FC(F)(F)CONCc1cccc2[nH]ccc12. The lowest BCUT2D eigenvalue weighted by molar-refractivity contribution is -0.190. The molecule has 0 saturated carbocycles. The quantitative estimate of drug-likeness (QED) is 0.641. The Balaban J connectivity index is 1.93. The molecule has 2 rings (SSSR count). The first kappa shape index (κ1) is 11.9. The molecule has 3 nitrogen and oxygen atoms in total. The summed E-state index contributed by atoms with van der Waals surface area (Å²) in [5.74, 6) is 0. The molecule has 0 atom stereocenters. The van der Waals surface area contributed by atoms with Crippen molar-refractivity contribution in [3.05, 3.63) is 36.0 Å². The first-order valence-corrected chi connectivity index (χ1v) is 5.03. The van der Waals surface area contributed by atoms with Crippen LogP contribution in [0.3, 0.4) is 0 Å². The molecule has 2 aromatic rings. The summed E-state index contributed by atoms with van der Waals surface area (Å²) < 4.78 is 35.4. The molecule has 0 aliphatic heterocycles. The maximum Gasteiger partial charge on any atom is 0.413 e. The summed E-state index contributed by atoms with van der Waals surface area (Å²) in [5.41, 5.74) is 4.13. The van der Waals surface area contributed by atoms with Gasteiger partial charge >= 0.3 is 6.18 Å². The molecule has 0 aliphatic carbocycles. The van der Waals surface area contributed by atoms with Crippen LogP contribution in [-0.4, -0.2) is 17.8 Å². The van der Waals surface area contributed by atoms with Gasteiger partial charge in [0.15, 0.2) is 6.61 Å². The molecular weight excluding hydrogens is 233 g/mol. The number of nitrogens with one attached hydrogen (secondary N) is 2. The van der Waals surface area contributed by atoms with E-state index in [2.05, 4.69) is 15.3 Å². The number of benzene rings is 1. The van der Waals surface area contributed by atoms with Crippen molar-refractivity contribution in [2.45, 2.75) is 12.7 Å². The normalized spacial score (nSPS) is 12.2. The van der Waals surface area contributed by atoms with Crippen LogP contribution in [0.4, 0.5) is 13.2 Å². The molecule has 0 amide bonds. The first-order chi connectivity index (χ1) is 8.06. The second-order valence-corrected chi connectivity index (χ2v) is 3.58. The van der Waals surface area contributed by atoms with Crippen LogP contribution in [0.15, 0.2) is 30.5 Å². The average molecular weight is 244 g/mol. The standard InChI is InChI=1S/C11H11F3N2O/c12-11(13,14)7-17-16-6-8-2-1-3-10-9(8)4-5-15-10/h1-5,15-16H,6-7H2. The molecule has 0 radical (unpaired) electrons. The van der Waals surface area contributed by atoms with E-state index in [1.165, 1.54) is 0 Å². The lowest BCUT2D eigenvalue weighted by Crippen LogP contribution is -2.24. The lowest BCUT2D eigenvalue weighted by Gasteiger charge is -2.09. The van der Waals surface area contributed by atoms with Crippen LogP contribution in [0.5, 0.6) is 0 Å². The summed E-state index contributed by atoms with van der Waals surface area (Å²) >= 11 is 0. The zero-order chi connectivity index (χ0) is 12.3. The molecule has 1 aromatic carbocycles. The highest BCUT2D eigenvalue weighted by Gasteiger charge is 2.27. The number of aromatic nitrogens is 1. The first-order valence-electron chi connectivity index (χ1n) is 5.03. The van der Waals surface area contributed by atoms with Crippen molar-refractivity contribution >= 4 is 10.9 Å². The van der Waals surface area contributed by atoms with Crippen molar-refractivity contribution in [2.24, 2.45) is 0 Å². The van der Waals surface area contributed by atoms with Crippen molar-refractivity contribution in [1.82, 2.24) is 10.5 Å². The van der Waals surface area contributed by atoms with Crippen LogP contribution in [0, 0.1) is 0 Å². The van der Waals surface area contributed by atoms with Gasteiger partial charge in [-0.3, -0.25) is 4.84 Å². The van der Waals surface area contributed by atoms with Crippen molar-refractivity contribution in [1.29, 1.82) is 0 Å². The Labute approximate surface area is 95.5 Å². The van der Waals surface area contributed by atoms with Crippen LogP contribution >= 0.6 is 0 Å². The van der Waals surface area contributed by atoms with Gasteiger partial charge in [-0.1, -0.05) is 12.1 Å². The van der Waals surface area contributed by atoms with Crippen LogP contribution in [-0.2, 0) is 11.4 Å². The Morgan fingerprint density at radius 1 is 1.24 bits per heavy atom.